The SMILES string of the molecule is COc1ccc(S(=O)(=O)N[C@H](C(=O)OCc2nc3c(C)cccc3c(=O)[nH]2)C(C)C)cc1. The van der Waals surface area contributed by atoms with E-state index in [0.717, 1.165) is 5.56 Å². The van der Waals surface area contributed by atoms with Crippen molar-refractivity contribution in [1.29, 1.82) is 0 Å². The highest BCUT2D eigenvalue weighted by atomic mass is 32.2. The average molecular weight is 460 g/mol. The van der Waals surface area contributed by atoms with E-state index in [1.54, 1.807) is 26.0 Å². The summed E-state index contributed by atoms with van der Waals surface area (Å²) in [5, 5.41) is 0.437. The van der Waals surface area contributed by atoms with Gasteiger partial charge in [0.25, 0.3) is 5.56 Å². The minimum absolute atomic E-state index is 0.00671. The molecule has 1 heterocycles. The number of aromatic nitrogens is 2. The van der Waals surface area contributed by atoms with Gasteiger partial charge >= 0.3 is 5.97 Å². The number of H-pyrrole nitrogens is 1. The molecule has 0 aliphatic heterocycles. The summed E-state index contributed by atoms with van der Waals surface area (Å²) in [6.45, 7) is 4.92. The van der Waals surface area contributed by atoms with E-state index < -0.39 is 22.0 Å². The lowest BCUT2D eigenvalue weighted by Crippen LogP contribution is -2.45. The van der Waals surface area contributed by atoms with E-state index in [-0.39, 0.29) is 28.8 Å². The number of aryl methyl sites for hydroxylation is 1. The maximum atomic E-state index is 12.7. The number of hydrogen-bond acceptors (Lipinski definition) is 7. The summed E-state index contributed by atoms with van der Waals surface area (Å²) in [6, 6.07) is 9.92. The summed E-state index contributed by atoms with van der Waals surface area (Å²) in [7, 11) is -2.50. The number of benzene rings is 2. The Morgan fingerprint density at radius 3 is 2.47 bits per heavy atom. The molecule has 2 N–H and O–H groups in total. The minimum Gasteiger partial charge on any atom is -0.497 e. The van der Waals surface area contributed by atoms with E-state index in [4.69, 9.17) is 9.47 Å². The third-order valence-electron chi connectivity index (χ3n) is 4.91. The number of methoxy groups -OCH3 is 1. The summed E-state index contributed by atoms with van der Waals surface area (Å²) >= 11 is 0. The standard InChI is InChI=1S/C22H25N3O6S/c1-13(2)19(25-32(28,29)16-10-8-15(30-4)9-11-16)22(27)31-12-18-23-20-14(3)6-5-7-17(20)21(26)24-18/h5-11,13,19,25H,12H2,1-4H3,(H,23,24,26)/t19-/m0/s1. The van der Waals surface area contributed by atoms with Crippen LogP contribution in [0.5, 0.6) is 5.75 Å². The van der Waals surface area contributed by atoms with Crippen molar-refractivity contribution in [3.63, 3.8) is 0 Å². The zero-order valence-electron chi connectivity index (χ0n) is 18.2. The predicted octanol–water partition coefficient (Wildman–Crippen LogP) is 2.29. The lowest BCUT2D eigenvalue weighted by molar-refractivity contribution is -0.148. The smallest absolute Gasteiger partial charge is 0.324 e. The van der Waals surface area contributed by atoms with Gasteiger partial charge in [0.2, 0.25) is 10.0 Å². The first-order valence-electron chi connectivity index (χ1n) is 9.94. The lowest BCUT2D eigenvalue weighted by Gasteiger charge is -2.21. The van der Waals surface area contributed by atoms with Gasteiger partial charge in [-0.2, -0.15) is 4.72 Å². The molecule has 0 fully saturated rings. The van der Waals surface area contributed by atoms with Crippen LogP contribution in [-0.4, -0.2) is 37.5 Å². The second kappa shape index (κ2) is 9.49. The highest BCUT2D eigenvalue weighted by Gasteiger charge is 2.30. The van der Waals surface area contributed by atoms with Crippen molar-refractivity contribution in [1.82, 2.24) is 14.7 Å². The Kier molecular flexibility index (Phi) is 6.95. The monoisotopic (exact) mass is 459 g/mol. The highest BCUT2D eigenvalue weighted by Crippen LogP contribution is 2.18. The number of fused-ring (bicyclic) bond motifs is 1. The molecule has 0 spiro atoms. The Morgan fingerprint density at radius 2 is 1.84 bits per heavy atom. The number of rotatable bonds is 8. The number of nitrogens with one attached hydrogen (secondary N) is 2. The fraction of sp³-hybridized carbons (Fsp3) is 0.318. The molecule has 2 aromatic carbocycles. The van der Waals surface area contributed by atoms with Gasteiger partial charge in [-0.1, -0.05) is 26.0 Å². The van der Waals surface area contributed by atoms with Gasteiger partial charge in [-0.3, -0.25) is 9.59 Å². The van der Waals surface area contributed by atoms with Gasteiger partial charge in [-0.05, 0) is 48.7 Å². The van der Waals surface area contributed by atoms with E-state index >= 15 is 0 Å². The van der Waals surface area contributed by atoms with E-state index in [9.17, 15) is 18.0 Å². The Hall–Kier alpha value is -3.24. The highest BCUT2D eigenvalue weighted by molar-refractivity contribution is 7.89. The van der Waals surface area contributed by atoms with Crippen molar-refractivity contribution < 1.29 is 22.7 Å². The number of sulfonamides is 1. The van der Waals surface area contributed by atoms with Crippen LogP contribution in [0.1, 0.15) is 25.2 Å². The van der Waals surface area contributed by atoms with Gasteiger partial charge < -0.3 is 14.5 Å². The van der Waals surface area contributed by atoms with Crippen molar-refractivity contribution in [3.8, 4) is 5.75 Å². The number of aromatic amines is 1. The predicted molar refractivity (Wildman–Crippen MR) is 119 cm³/mol. The molecule has 3 aromatic rings. The molecule has 0 saturated heterocycles. The topological polar surface area (TPSA) is 127 Å². The largest absolute Gasteiger partial charge is 0.497 e. The molecule has 3 rings (SSSR count). The van der Waals surface area contributed by atoms with Crippen molar-refractivity contribution in [2.24, 2.45) is 5.92 Å². The first-order valence-corrected chi connectivity index (χ1v) is 11.4. The first-order chi connectivity index (χ1) is 15.1. The molecule has 0 saturated carbocycles. The number of hydrogen-bond donors (Lipinski definition) is 2. The van der Waals surface area contributed by atoms with Crippen LogP contribution < -0.4 is 15.0 Å². The Bertz CT molecular complexity index is 1280. The van der Waals surface area contributed by atoms with Crippen LogP contribution in [0.3, 0.4) is 0 Å². The summed E-state index contributed by atoms with van der Waals surface area (Å²) in [5.41, 5.74) is 0.988. The lowest BCUT2D eigenvalue weighted by atomic mass is 10.1. The zero-order chi connectivity index (χ0) is 23.5. The number of carbonyl (C=O) groups is 1. The van der Waals surface area contributed by atoms with Crippen molar-refractivity contribution in [2.75, 3.05) is 7.11 Å². The number of carbonyl (C=O) groups excluding carboxylic acids is 1. The molecule has 32 heavy (non-hydrogen) atoms. The maximum Gasteiger partial charge on any atom is 0.324 e. The van der Waals surface area contributed by atoms with E-state index in [0.29, 0.717) is 16.7 Å². The molecule has 0 radical (unpaired) electrons. The molecule has 1 aromatic heterocycles. The van der Waals surface area contributed by atoms with Crippen molar-refractivity contribution in [3.05, 3.63) is 64.2 Å². The molecule has 0 bridgehead atoms. The van der Waals surface area contributed by atoms with Crippen LogP contribution in [0.4, 0.5) is 0 Å². The number of nitrogens with zero attached hydrogens (tertiary/aromatic N) is 1. The third-order valence-corrected chi connectivity index (χ3v) is 6.37. The van der Waals surface area contributed by atoms with Crippen LogP contribution in [0.25, 0.3) is 10.9 Å². The van der Waals surface area contributed by atoms with Crippen LogP contribution in [0.15, 0.2) is 52.2 Å². The molecule has 10 heteroatoms. The second-order valence-electron chi connectivity index (χ2n) is 7.61. The molecule has 1 atom stereocenters. The van der Waals surface area contributed by atoms with Crippen LogP contribution in [0.2, 0.25) is 0 Å². The molecule has 0 unspecified atom stereocenters. The molecular weight excluding hydrogens is 434 g/mol. The Labute approximate surface area is 185 Å². The number of esters is 1. The summed E-state index contributed by atoms with van der Waals surface area (Å²) in [5.74, 6) is -0.479. The van der Waals surface area contributed by atoms with Gasteiger partial charge in [-0.15, -0.1) is 0 Å². The van der Waals surface area contributed by atoms with Crippen LogP contribution in [0, 0.1) is 12.8 Å². The van der Waals surface area contributed by atoms with Crippen molar-refractivity contribution >= 4 is 26.9 Å². The number of ether oxygens (including phenoxy) is 2. The summed E-state index contributed by atoms with van der Waals surface area (Å²) in [6.07, 6.45) is 0. The summed E-state index contributed by atoms with van der Waals surface area (Å²) < 4.78 is 38.2. The fourth-order valence-corrected chi connectivity index (χ4v) is 4.43. The molecule has 0 aliphatic carbocycles. The molecule has 0 aliphatic rings. The molecule has 0 amide bonds. The quantitative estimate of drug-likeness (QED) is 0.495. The fourth-order valence-electron chi connectivity index (χ4n) is 3.10. The van der Waals surface area contributed by atoms with Crippen LogP contribution >= 0.6 is 0 Å². The summed E-state index contributed by atoms with van der Waals surface area (Å²) in [4.78, 5) is 31.9. The Morgan fingerprint density at radius 1 is 1.16 bits per heavy atom. The Balaban J connectivity index is 1.76. The normalized spacial score (nSPS) is 12.7. The first kappa shape index (κ1) is 23.4. The van der Waals surface area contributed by atoms with Gasteiger partial charge in [0, 0.05) is 0 Å². The van der Waals surface area contributed by atoms with Gasteiger partial charge in [0.1, 0.15) is 24.2 Å². The van der Waals surface area contributed by atoms with Crippen molar-refractivity contribution in [2.45, 2.75) is 38.3 Å². The molecular formula is C22H25N3O6S. The van der Waals surface area contributed by atoms with Crippen LogP contribution in [-0.2, 0) is 26.2 Å². The average Bonchev–Trinajstić information content (AvgIpc) is 2.76. The second-order valence-corrected chi connectivity index (χ2v) is 9.32. The van der Waals surface area contributed by atoms with E-state index in [2.05, 4.69) is 14.7 Å². The zero-order valence-corrected chi connectivity index (χ0v) is 19.0. The molecule has 170 valence electrons. The minimum atomic E-state index is -3.98. The van der Waals surface area contributed by atoms with E-state index in [1.165, 1.54) is 31.4 Å². The van der Waals surface area contributed by atoms with E-state index in [1.807, 2.05) is 13.0 Å². The molecule has 9 nitrogen and oxygen atoms in total. The van der Waals surface area contributed by atoms with Gasteiger partial charge in [-0.25, -0.2) is 13.4 Å². The third kappa shape index (κ3) is 5.14. The van der Waals surface area contributed by atoms with Gasteiger partial charge in [0.15, 0.2) is 0 Å². The number of para-hydroxylation sites is 1. The maximum absolute atomic E-state index is 12.7. The van der Waals surface area contributed by atoms with Gasteiger partial charge in [0.05, 0.1) is 22.9 Å².